The molecule has 0 saturated heterocycles. The van der Waals surface area contributed by atoms with Crippen molar-refractivity contribution in [3.63, 3.8) is 0 Å². The predicted molar refractivity (Wildman–Crippen MR) is 88.6 cm³/mol. The number of pyridine rings is 1. The highest BCUT2D eigenvalue weighted by Crippen LogP contribution is 2.30. The third kappa shape index (κ3) is 3.26. The Morgan fingerprint density at radius 1 is 1.08 bits per heavy atom. The number of aryl methyl sites for hydroxylation is 1. The van der Waals surface area contributed by atoms with Crippen molar-refractivity contribution in [2.45, 2.75) is 6.18 Å². The lowest BCUT2D eigenvalue weighted by Crippen LogP contribution is -2.23. The fourth-order valence-electron chi connectivity index (χ4n) is 2.57. The monoisotopic (exact) mass is 346 g/mol. The maximum atomic E-state index is 12.8. The highest BCUT2D eigenvalue weighted by Gasteiger charge is 2.30. The van der Waals surface area contributed by atoms with Crippen LogP contribution >= 0.6 is 0 Å². The summed E-state index contributed by atoms with van der Waals surface area (Å²) in [6.07, 6.45) is -3.15. The molecule has 4 nitrogen and oxygen atoms in total. The first kappa shape index (κ1) is 16.8. The Bertz CT molecular complexity index is 1020. The zero-order valence-corrected chi connectivity index (χ0v) is 13.1. The van der Waals surface area contributed by atoms with Crippen LogP contribution < -0.4 is 10.7 Å². The number of halogens is 3. The Kier molecular flexibility index (Phi) is 4.08. The number of rotatable bonds is 2. The number of hydrogen-bond acceptors (Lipinski definition) is 2. The zero-order valence-electron chi connectivity index (χ0n) is 13.1. The Balaban J connectivity index is 1.99. The van der Waals surface area contributed by atoms with Crippen LogP contribution in [0, 0.1) is 0 Å². The van der Waals surface area contributed by atoms with E-state index in [0.29, 0.717) is 10.9 Å². The van der Waals surface area contributed by atoms with Gasteiger partial charge in [-0.25, -0.2) is 0 Å². The van der Waals surface area contributed by atoms with Gasteiger partial charge in [-0.1, -0.05) is 18.2 Å². The molecule has 0 aliphatic heterocycles. The molecule has 0 spiro atoms. The number of amides is 1. The van der Waals surface area contributed by atoms with Crippen molar-refractivity contribution in [3.8, 4) is 0 Å². The van der Waals surface area contributed by atoms with Crippen molar-refractivity contribution in [2.24, 2.45) is 7.05 Å². The van der Waals surface area contributed by atoms with Crippen molar-refractivity contribution >= 4 is 22.5 Å². The summed E-state index contributed by atoms with van der Waals surface area (Å²) in [5.74, 6) is -0.759. The Hall–Kier alpha value is -3.09. The third-order valence-electron chi connectivity index (χ3n) is 3.79. The zero-order chi connectivity index (χ0) is 18.2. The van der Waals surface area contributed by atoms with E-state index in [1.165, 1.54) is 18.3 Å². The van der Waals surface area contributed by atoms with E-state index in [0.717, 1.165) is 12.1 Å². The molecule has 0 atom stereocenters. The van der Waals surface area contributed by atoms with Gasteiger partial charge in [0.1, 0.15) is 5.56 Å². The van der Waals surface area contributed by atoms with Crippen LogP contribution in [0.1, 0.15) is 15.9 Å². The molecule has 1 aromatic heterocycles. The van der Waals surface area contributed by atoms with Gasteiger partial charge in [-0.3, -0.25) is 9.59 Å². The molecule has 0 bridgehead atoms. The molecule has 3 rings (SSSR count). The lowest BCUT2D eigenvalue weighted by molar-refractivity contribution is -0.137. The molecule has 0 aliphatic rings. The van der Waals surface area contributed by atoms with Crippen LogP contribution in [0.15, 0.2) is 59.5 Å². The van der Waals surface area contributed by atoms with Crippen LogP contribution in [-0.4, -0.2) is 10.5 Å². The summed E-state index contributed by atoms with van der Waals surface area (Å²) in [7, 11) is 1.68. The number of aromatic nitrogens is 1. The van der Waals surface area contributed by atoms with Crippen molar-refractivity contribution in [1.82, 2.24) is 4.57 Å². The van der Waals surface area contributed by atoms with Crippen molar-refractivity contribution in [2.75, 3.05) is 5.32 Å². The van der Waals surface area contributed by atoms with E-state index in [4.69, 9.17) is 0 Å². The summed E-state index contributed by atoms with van der Waals surface area (Å²) in [6.45, 7) is 0. The molecule has 7 heteroatoms. The van der Waals surface area contributed by atoms with Gasteiger partial charge in [0.25, 0.3) is 5.91 Å². The maximum Gasteiger partial charge on any atom is 0.416 e. The van der Waals surface area contributed by atoms with E-state index in [-0.39, 0.29) is 11.3 Å². The average Bonchev–Trinajstić information content (AvgIpc) is 2.57. The molecule has 0 fully saturated rings. The van der Waals surface area contributed by atoms with Crippen molar-refractivity contribution < 1.29 is 18.0 Å². The summed E-state index contributed by atoms with van der Waals surface area (Å²) in [5.41, 5.74) is -0.869. The number of benzene rings is 2. The van der Waals surface area contributed by atoms with Gasteiger partial charge >= 0.3 is 6.18 Å². The Labute approximate surface area is 140 Å². The molecule has 0 aliphatic carbocycles. The number of alkyl halides is 3. The van der Waals surface area contributed by atoms with Gasteiger partial charge in [0, 0.05) is 24.3 Å². The van der Waals surface area contributed by atoms with Gasteiger partial charge in [-0.15, -0.1) is 0 Å². The van der Waals surface area contributed by atoms with Crippen molar-refractivity contribution in [3.05, 3.63) is 76.1 Å². The van der Waals surface area contributed by atoms with Crippen molar-refractivity contribution in [1.29, 1.82) is 0 Å². The minimum absolute atomic E-state index is 0.0324. The van der Waals surface area contributed by atoms with Gasteiger partial charge in [-0.05, 0) is 30.3 Å². The number of fused-ring (bicyclic) bond motifs is 1. The summed E-state index contributed by atoms with van der Waals surface area (Å²) in [5, 5.41) is 2.71. The molecule has 1 N–H and O–H groups in total. The van der Waals surface area contributed by atoms with E-state index in [9.17, 15) is 22.8 Å². The highest BCUT2D eigenvalue weighted by molar-refractivity contribution is 6.05. The normalized spacial score (nSPS) is 11.5. The summed E-state index contributed by atoms with van der Waals surface area (Å²) < 4.78 is 39.9. The van der Waals surface area contributed by atoms with E-state index in [2.05, 4.69) is 5.32 Å². The minimum Gasteiger partial charge on any atom is -0.350 e. The van der Waals surface area contributed by atoms with Gasteiger partial charge in [-0.2, -0.15) is 13.2 Å². The largest absolute Gasteiger partial charge is 0.416 e. The third-order valence-corrected chi connectivity index (χ3v) is 3.79. The number of nitrogens with one attached hydrogen (secondary N) is 1. The summed E-state index contributed by atoms with van der Waals surface area (Å²) in [6, 6.07) is 11.0. The summed E-state index contributed by atoms with van der Waals surface area (Å²) in [4.78, 5) is 24.9. The van der Waals surface area contributed by atoms with Crippen LogP contribution in [0.5, 0.6) is 0 Å². The van der Waals surface area contributed by atoms with Crippen LogP contribution in [0.4, 0.5) is 18.9 Å². The number of carbonyl (C=O) groups is 1. The van der Waals surface area contributed by atoms with E-state index >= 15 is 0 Å². The first-order valence-electron chi connectivity index (χ1n) is 7.34. The van der Waals surface area contributed by atoms with E-state index < -0.39 is 23.1 Å². The quantitative estimate of drug-likeness (QED) is 0.767. The van der Waals surface area contributed by atoms with E-state index in [1.807, 2.05) is 0 Å². The second kappa shape index (κ2) is 6.08. The second-order valence-electron chi connectivity index (χ2n) is 5.53. The molecular formula is C18H13F3N2O2. The molecule has 25 heavy (non-hydrogen) atoms. The molecule has 3 aromatic rings. The smallest absolute Gasteiger partial charge is 0.350 e. The first-order valence-corrected chi connectivity index (χ1v) is 7.34. The van der Waals surface area contributed by atoms with E-state index in [1.54, 1.807) is 35.9 Å². The molecule has 128 valence electrons. The Morgan fingerprint density at radius 2 is 1.80 bits per heavy atom. The SMILES string of the molecule is Cn1cc(C(=O)Nc2cccc(C(F)(F)F)c2)c(=O)c2ccccc21. The maximum absolute atomic E-state index is 12.8. The van der Waals surface area contributed by atoms with Gasteiger partial charge in [0.05, 0.1) is 11.1 Å². The highest BCUT2D eigenvalue weighted by atomic mass is 19.4. The molecular weight excluding hydrogens is 333 g/mol. The number of para-hydroxylation sites is 1. The van der Waals surface area contributed by atoms with Gasteiger partial charge < -0.3 is 9.88 Å². The second-order valence-corrected chi connectivity index (χ2v) is 5.53. The fraction of sp³-hybridized carbons (Fsp3) is 0.111. The summed E-state index contributed by atoms with van der Waals surface area (Å²) >= 11 is 0. The molecule has 1 heterocycles. The van der Waals surface area contributed by atoms with Gasteiger partial charge in [0.15, 0.2) is 0 Å². The number of nitrogens with zero attached hydrogens (tertiary/aromatic N) is 1. The van der Waals surface area contributed by atoms with Crippen LogP contribution in [0.3, 0.4) is 0 Å². The molecule has 0 radical (unpaired) electrons. The Morgan fingerprint density at radius 3 is 2.52 bits per heavy atom. The molecule has 0 saturated carbocycles. The molecule has 0 unspecified atom stereocenters. The van der Waals surface area contributed by atoms with Crippen LogP contribution in [0.2, 0.25) is 0 Å². The lowest BCUT2D eigenvalue weighted by Gasteiger charge is -2.11. The standard InChI is InChI=1S/C18H13F3N2O2/c1-23-10-14(16(24)13-7-2-3-8-15(13)23)17(25)22-12-6-4-5-11(9-12)18(19,20)21/h2-10H,1H3,(H,22,25). The molecule has 2 aromatic carbocycles. The van der Waals surface area contributed by atoms with Crippen LogP contribution in [-0.2, 0) is 13.2 Å². The predicted octanol–water partition coefficient (Wildman–Crippen LogP) is 3.81. The first-order chi connectivity index (χ1) is 11.8. The number of carbonyl (C=O) groups excluding carboxylic acids is 1. The molecule has 1 amide bonds. The lowest BCUT2D eigenvalue weighted by atomic mass is 10.1. The minimum atomic E-state index is -4.51. The number of hydrogen-bond donors (Lipinski definition) is 1. The van der Waals surface area contributed by atoms with Gasteiger partial charge in [0.2, 0.25) is 5.43 Å². The topological polar surface area (TPSA) is 51.1 Å². The average molecular weight is 346 g/mol. The number of anilines is 1. The van der Waals surface area contributed by atoms with Crippen LogP contribution in [0.25, 0.3) is 10.9 Å². The fourth-order valence-corrected chi connectivity index (χ4v) is 2.57.